The number of rotatable bonds is 3. The molecule has 21 heavy (non-hydrogen) atoms. The van der Waals surface area contributed by atoms with Gasteiger partial charge in [-0.1, -0.05) is 51.4 Å². The minimum Gasteiger partial charge on any atom is -0.477 e. The van der Waals surface area contributed by atoms with Crippen LogP contribution in [-0.4, -0.2) is 22.0 Å². The number of hydrogen-bond donors (Lipinski definition) is 2. The van der Waals surface area contributed by atoms with Gasteiger partial charge in [0, 0.05) is 11.3 Å². The Hall–Kier alpha value is -1.43. The molecule has 0 unspecified atom stereocenters. The zero-order chi connectivity index (χ0) is 15.6. The maximum atomic E-state index is 12.2. The van der Waals surface area contributed by atoms with Crippen molar-refractivity contribution in [1.82, 2.24) is 4.98 Å². The molecule has 116 valence electrons. The molecule has 2 N–H and O–H groups in total. The first-order valence-corrected chi connectivity index (χ1v) is 8.16. The van der Waals surface area contributed by atoms with Gasteiger partial charge in [-0.25, -0.2) is 9.78 Å². The van der Waals surface area contributed by atoms with E-state index >= 15 is 0 Å². The van der Waals surface area contributed by atoms with Gasteiger partial charge in [-0.3, -0.25) is 4.79 Å². The number of aromatic nitrogens is 1. The summed E-state index contributed by atoms with van der Waals surface area (Å²) in [5, 5.41) is 12.5. The topological polar surface area (TPSA) is 79.3 Å². The summed E-state index contributed by atoms with van der Waals surface area (Å²) in [5.74, 6) is -0.981. The van der Waals surface area contributed by atoms with Gasteiger partial charge in [-0.15, -0.1) is 0 Å². The number of anilines is 1. The van der Waals surface area contributed by atoms with Gasteiger partial charge in [0.2, 0.25) is 5.91 Å². The Morgan fingerprint density at radius 3 is 2.33 bits per heavy atom. The Kier molecular flexibility index (Phi) is 4.66. The quantitative estimate of drug-likeness (QED) is 0.893. The number of aromatic carboxylic acids is 1. The van der Waals surface area contributed by atoms with Crippen LogP contribution < -0.4 is 5.32 Å². The van der Waals surface area contributed by atoms with Crippen LogP contribution in [0.3, 0.4) is 0 Å². The number of thiazole rings is 1. The Morgan fingerprint density at radius 2 is 1.86 bits per heavy atom. The third-order valence-corrected chi connectivity index (χ3v) is 4.70. The highest BCUT2D eigenvalue weighted by atomic mass is 32.1. The fourth-order valence-corrected chi connectivity index (χ4v) is 3.62. The predicted molar refractivity (Wildman–Crippen MR) is 83.0 cm³/mol. The molecular formula is C15H22N2O3S. The molecule has 1 amide bonds. The molecule has 1 aromatic heterocycles. The van der Waals surface area contributed by atoms with E-state index in [1.54, 1.807) is 0 Å². The minimum absolute atomic E-state index is 0.0270. The highest BCUT2D eigenvalue weighted by Gasteiger charge is 2.28. The van der Waals surface area contributed by atoms with Crippen molar-refractivity contribution in [3.63, 3.8) is 0 Å². The van der Waals surface area contributed by atoms with Crippen LogP contribution in [0.15, 0.2) is 0 Å². The average Bonchev–Trinajstić information content (AvgIpc) is 2.84. The molecule has 1 aliphatic carbocycles. The van der Waals surface area contributed by atoms with Crippen LogP contribution in [0.5, 0.6) is 0 Å². The SMILES string of the molecule is CC(C)(C)c1nc(NC(=O)C2CCCCC2)sc1C(=O)O. The first-order chi connectivity index (χ1) is 9.79. The van der Waals surface area contributed by atoms with Gasteiger partial charge in [0.25, 0.3) is 0 Å². The summed E-state index contributed by atoms with van der Waals surface area (Å²) in [7, 11) is 0. The summed E-state index contributed by atoms with van der Waals surface area (Å²) < 4.78 is 0. The van der Waals surface area contributed by atoms with E-state index < -0.39 is 5.97 Å². The lowest BCUT2D eigenvalue weighted by atomic mass is 9.89. The van der Waals surface area contributed by atoms with Crippen molar-refractivity contribution in [3.8, 4) is 0 Å². The average molecular weight is 310 g/mol. The second kappa shape index (κ2) is 6.13. The van der Waals surface area contributed by atoms with Crippen molar-refractivity contribution in [2.75, 3.05) is 5.32 Å². The van der Waals surface area contributed by atoms with Gasteiger partial charge in [-0.05, 0) is 12.8 Å². The van der Waals surface area contributed by atoms with E-state index in [2.05, 4.69) is 10.3 Å². The van der Waals surface area contributed by atoms with Crippen LogP contribution in [0, 0.1) is 5.92 Å². The number of carboxylic acid groups (broad SMARTS) is 1. The van der Waals surface area contributed by atoms with Crippen LogP contribution >= 0.6 is 11.3 Å². The number of hydrogen-bond acceptors (Lipinski definition) is 4. The fraction of sp³-hybridized carbons (Fsp3) is 0.667. The molecule has 1 fully saturated rings. The maximum Gasteiger partial charge on any atom is 0.347 e. The smallest absolute Gasteiger partial charge is 0.347 e. The van der Waals surface area contributed by atoms with Gasteiger partial charge in [0.05, 0.1) is 5.69 Å². The number of carbonyl (C=O) groups excluding carboxylic acids is 1. The number of carbonyl (C=O) groups is 2. The Labute approximate surface area is 128 Å². The summed E-state index contributed by atoms with van der Waals surface area (Å²) in [6.07, 6.45) is 5.19. The van der Waals surface area contributed by atoms with E-state index in [0.29, 0.717) is 10.8 Å². The molecule has 0 atom stereocenters. The largest absolute Gasteiger partial charge is 0.477 e. The molecular weight excluding hydrogens is 288 g/mol. The molecule has 6 heteroatoms. The first-order valence-electron chi connectivity index (χ1n) is 7.34. The van der Waals surface area contributed by atoms with Crippen LogP contribution in [0.1, 0.15) is 68.2 Å². The van der Waals surface area contributed by atoms with Gasteiger partial charge in [0.1, 0.15) is 4.88 Å². The van der Waals surface area contributed by atoms with Crippen LogP contribution in [0.2, 0.25) is 0 Å². The molecule has 0 aromatic carbocycles. The van der Waals surface area contributed by atoms with E-state index in [9.17, 15) is 14.7 Å². The summed E-state index contributed by atoms with van der Waals surface area (Å²) in [6, 6.07) is 0. The van der Waals surface area contributed by atoms with Gasteiger partial charge in [-0.2, -0.15) is 0 Å². The highest BCUT2D eigenvalue weighted by molar-refractivity contribution is 7.17. The lowest BCUT2D eigenvalue weighted by molar-refractivity contribution is -0.120. The number of amides is 1. The van der Waals surface area contributed by atoms with Crippen LogP contribution in [0.4, 0.5) is 5.13 Å². The molecule has 1 heterocycles. The minimum atomic E-state index is -0.990. The molecule has 1 aliphatic rings. The molecule has 0 radical (unpaired) electrons. The van der Waals surface area contributed by atoms with E-state index in [-0.39, 0.29) is 22.1 Å². The van der Waals surface area contributed by atoms with E-state index in [1.807, 2.05) is 20.8 Å². The highest BCUT2D eigenvalue weighted by Crippen LogP contribution is 2.33. The molecule has 2 rings (SSSR count). The molecule has 0 bridgehead atoms. The lowest BCUT2D eigenvalue weighted by Gasteiger charge is -2.20. The Bertz CT molecular complexity index is 540. The van der Waals surface area contributed by atoms with Crippen molar-refractivity contribution in [1.29, 1.82) is 0 Å². The zero-order valence-electron chi connectivity index (χ0n) is 12.7. The van der Waals surface area contributed by atoms with Gasteiger partial charge in [0.15, 0.2) is 5.13 Å². The summed E-state index contributed by atoms with van der Waals surface area (Å²) in [4.78, 5) is 28.1. The number of carboxylic acids is 1. The number of nitrogens with one attached hydrogen (secondary N) is 1. The van der Waals surface area contributed by atoms with Crippen molar-refractivity contribution in [2.45, 2.75) is 58.3 Å². The van der Waals surface area contributed by atoms with Crippen molar-refractivity contribution < 1.29 is 14.7 Å². The third kappa shape index (κ3) is 3.81. The van der Waals surface area contributed by atoms with Gasteiger partial charge < -0.3 is 10.4 Å². The third-order valence-electron chi connectivity index (χ3n) is 3.74. The van der Waals surface area contributed by atoms with Gasteiger partial charge >= 0.3 is 5.97 Å². The maximum absolute atomic E-state index is 12.2. The summed E-state index contributed by atoms with van der Waals surface area (Å²) in [5.41, 5.74) is 0.164. The lowest BCUT2D eigenvalue weighted by Crippen LogP contribution is -2.24. The van der Waals surface area contributed by atoms with Crippen LogP contribution in [-0.2, 0) is 10.2 Å². The molecule has 0 spiro atoms. The van der Waals surface area contributed by atoms with Crippen molar-refractivity contribution >= 4 is 28.3 Å². The van der Waals surface area contributed by atoms with Crippen molar-refractivity contribution in [3.05, 3.63) is 10.6 Å². The molecule has 0 saturated heterocycles. The molecule has 1 saturated carbocycles. The molecule has 5 nitrogen and oxygen atoms in total. The monoisotopic (exact) mass is 310 g/mol. The second-order valence-electron chi connectivity index (χ2n) is 6.58. The standard InChI is InChI=1S/C15H22N2O3S/c1-15(2,3)11-10(13(19)20)21-14(16-11)17-12(18)9-7-5-4-6-8-9/h9H,4-8H2,1-3H3,(H,19,20)(H,16,17,18). The number of nitrogens with zero attached hydrogens (tertiary/aromatic N) is 1. The summed E-state index contributed by atoms with van der Waals surface area (Å²) in [6.45, 7) is 5.75. The predicted octanol–water partition coefficient (Wildman–Crippen LogP) is 3.66. The van der Waals surface area contributed by atoms with E-state index in [0.717, 1.165) is 37.0 Å². The van der Waals surface area contributed by atoms with Crippen molar-refractivity contribution in [2.24, 2.45) is 5.92 Å². The van der Waals surface area contributed by atoms with E-state index in [1.165, 1.54) is 6.42 Å². The first kappa shape index (κ1) is 15.9. The Morgan fingerprint density at radius 1 is 1.24 bits per heavy atom. The van der Waals surface area contributed by atoms with E-state index in [4.69, 9.17) is 0 Å². The normalized spacial score (nSPS) is 16.7. The second-order valence-corrected chi connectivity index (χ2v) is 7.58. The fourth-order valence-electron chi connectivity index (χ4n) is 2.60. The molecule has 1 aromatic rings. The zero-order valence-corrected chi connectivity index (χ0v) is 13.5. The Balaban J connectivity index is 2.17. The molecule has 0 aliphatic heterocycles. The summed E-state index contributed by atoms with van der Waals surface area (Å²) >= 11 is 1.04. The van der Waals surface area contributed by atoms with Crippen LogP contribution in [0.25, 0.3) is 0 Å².